The number of carbonyl (C=O) groups is 2. The highest BCUT2D eigenvalue weighted by Gasteiger charge is 2.34. The number of fused-ring (bicyclic) bond motifs is 1. The molecule has 0 fully saturated rings. The number of primary amides is 1. The van der Waals surface area contributed by atoms with Crippen molar-refractivity contribution in [3.05, 3.63) is 65.5 Å². The molecule has 156 valence electrons. The summed E-state index contributed by atoms with van der Waals surface area (Å²) in [6.45, 7) is 4.42. The van der Waals surface area contributed by atoms with Crippen molar-refractivity contribution in [2.75, 3.05) is 24.3 Å². The lowest BCUT2D eigenvalue weighted by Gasteiger charge is -2.27. The van der Waals surface area contributed by atoms with E-state index in [-0.39, 0.29) is 11.6 Å². The molecule has 3 aromatic rings. The van der Waals surface area contributed by atoms with E-state index in [1.165, 1.54) is 4.68 Å². The van der Waals surface area contributed by atoms with Gasteiger partial charge in [-0.2, -0.15) is 5.10 Å². The molecule has 8 heteroatoms. The number of anilines is 2. The Morgan fingerprint density at radius 1 is 1.03 bits per heavy atom. The van der Waals surface area contributed by atoms with E-state index in [2.05, 4.69) is 5.10 Å². The van der Waals surface area contributed by atoms with E-state index < -0.39 is 5.91 Å². The number of rotatable bonds is 4. The topological polar surface area (TPSA) is 116 Å². The number of methoxy groups -OCH3 is 1. The predicted octanol–water partition coefficient (Wildman–Crippen LogP) is 2.79. The lowest BCUT2D eigenvalue weighted by atomic mass is 10.0. The van der Waals surface area contributed by atoms with Crippen LogP contribution >= 0.6 is 0 Å². The maximum Gasteiger partial charge on any atom is 0.277 e. The van der Waals surface area contributed by atoms with Gasteiger partial charge in [0.15, 0.2) is 5.69 Å². The summed E-state index contributed by atoms with van der Waals surface area (Å²) in [5, 5.41) is 4.34. The van der Waals surface area contributed by atoms with E-state index in [4.69, 9.17) is 16.2 Å². The number of amides is 2. The Labute approximate surface area is 175 Å². The minimum Gasteiger partial charge on any atom is -0.497 e. The molecule has 1 aromatic heterocycles. The molecule has 0 unspecified atom stereocenters. The lowest BCUT2D eigenvalue weighted by Crippen LogP contribution is -2.39. The largest absolute Gasteiger partial charge is 0.497 e. The van der Waals surface area contributed by atoms with Crippen LogP contribution in [0.25, 0.3) is 5.69 Å². The smallest absolute Gasteiger partial charge is 0.277 e. The highest BCUT2D eigenvalue weighted by Crippen LogP contribution is 2.29. The van der Waals surface area contributed by atoms with Crippen molar-refractivity contribution < 1.29 is 14.3 Å². The van der Waals surface area contributed by atoms with E-state index in [1.807, 2.05) is 13.8 Å². The Morgan fingerprint density at radius 2 is 1.63 bits per heavy atom. The zero-order valence-corrected chi connectivity index (χ0v) is 17.3. The van der Waals surface area contributed by atoms with E-state index in [1.54, 1.807) is 60.5 Å². The molecule has 0 atom stereocenters. The van der Waals surface area contributed by atoms with E-state index in [9.17, 15) is 9.59 Å². The molecule has 8 nitrogen and oxygen atoms in total. The van der Waals surface area contributed by atoms with Gasteiger partial charge in [-0.25, -0.2) is 4.68 Å². The van der Waals surface area contributed by atoms with Crippen LogP contribution in [0, 0.1) is 0 Å². The van der Waals surface area contributed by atoms with Crippen LogP contribution in [0.4, 0.5) is 11.4 Å². The van der Waals surface area contributed by atoms with Crippen LogP contribution in [0.2, 0.25) is 0 Å². The molecule has 1 aliphatic rings. The third-order valence-electron chi connectivity index (χ3n) is 4.77. The van der Waals surface area contributed by atoms with Gasteiger partial charge in [-0.05, 0) is 55.0 Å². The maximum absolute atomic E-state index is 13.3. The molecule has 0 bridgehead atoms. The van der Waals surface area contributed by atoms with Gasteiger partial charge < -0.3 is 21.1 Å². The number of nitrogens with two attached hydrogens (primary N) is 2. The second kappa shape index (κ2) is 8.69. The van der Waals surface area contributed by atoms with Gasteiger partial charge in [0.1, 0.15) is 11.4 Å². The molecule has 0 saturated carbocycles. The SMILES string of the molecule is CC.COc1ccc(-n2nc(C(N)=O)c3c2C(=O)N(c2ccc(N)cc2)CC3)cc1. The van der Waals surface area contributed by atoms with E-state index in [0.717, 1.165) is 5.69 Å². The van der Waals surface area contributed by atoms with Crippen LogP contribution in [-0.2, 0) is 6.42 Å². The molecule has 0 aliphatic carbocycles. The quantitative estimate of drug-likeness (QED) is 0.645. The van der Waals surface area contributed by atoms with Crippen molar-refractivity contribution in [2.45, 2.75) is 20.3 Å². The molecule has 4 rings (SSSR count). The monoisotopic (exact) mass is 407 g/mol. The number of nitrogen functional groups attached to an aromatic ring is 1. The standard InChI is InChI=1S/C20H19N5O3.C2H6/c1-28-15-8-6-14(7-9-15)25-18-16(17(23-25)19(22)26)10-11-24(20(18)27)13-4-2-12(21)3-5-13;1-2/h2-9H,10-11,21H2,1H3,(H2,22,26);1-2H3. The summed E-state index contributed by atoms with van der Waals surface area (Å²) in [6, 6.07) is 14.1. The predicted molar refractivity (Wildman–Crippen MR) is 116 cm³/mol. The first-order valence-electron chi connectivity index (χ1n) is 9.73. The summed E-state index contributed by atoms with van der Waals surface area (Å²) in [5.74, 6) is -0.228. The van der Waals surface area contributed by atoms with E-state index >= 15 is 0 Å². The Morgan fingerprint density at radius 3 is 2.20 bits per heavy atom. The Balaban J connectivity index is 0.00000124. The fourth-order valence-corrected chi connectivity index (χ4v) is 3.37. The molecule has 1 aliphatic heterocycles. The zero-order chi connectivity index (χ0) is 21.8. The molecule has 2 amide bonds. The molecular weight excluding hydrogens is 382 g/mol. The van der Waals surface area contributed by atoms with E-state index in [0.29, 0.717) is 41.3 Å². The van der Waals surface area contributed by atoms with Crippen molar-refractivity contribution in [2.24, 2.45) is 5.73 Å². The Kier molecular flexibility index (Phi) is 6.06. The van der Waals surface area contributed by atoms with Crippen molar-refractivity contribution in [3.63, 3.8) is 0 Å². The second-order valence-electron chi connectivity index (χ2n) is 6.45. The molecule has 0 saturated heterocycles. The number of aromatic nitrogens is 2. The average Bonchev–Trinajstić information content (AvgIpc) is 3.17. The van der Waals surface area contributed by atoms with Crippen molar-refractivity contribution in [3.8, 4) is 11.4 Å². The number of benzene rings is 2. The van der Waals surface area contributed by atoms with Gasteiger partial charge in [0.25, 0.3) is 11.8 Å². The molecule has 30 heavy (non-hydrogen) atoms. The average molecular weight is 407 g/mol. The molecule has 4 N–H and O–H groups in total. The van der Waals surface area contributed by atoms with Crippen LogP contribution in [0.3, 0.4) is 0 Å². The number of ether oxygens (including phenoxy) is 1. The summed E-state index contributed by atoms with van der Waals surface area (Å²) in [4.78, 5) is 26.9. The van der Waals surface area contributed by atoms with Crippen molar-refractivity contribution in [1.29, 1.82) is 0 Å². The number of nitrogens with zero attached hydrogens (tertiary/aromatic N) is 3. The lowest BCUT2D eigenvalue weighted by molar-refractivity contribution is 0.0972. The Bertz CT molecular complexity index is 1060. The summed E-state index contributed by atoms with van der Waals surface area (Å²) in [6.07, 6.45) is 0.472. The number of carbonyl (C=O) groups excluding carboxylic acids is 2. The van der Waals surface area contributed by atoms with Crippen molar-refractivity contribution in [1.82, 2.24) is 9.78 Å². The van der Waals surface area contributed by atoms with Gasteiger partial charge in [-0.15, -0.1) is 0 Å². The van der Waals surface area contributed by atoms with Gasteiger partial charge >= 0.3 is 0 Å². The second-order valence-corrected chi connectivity index (χ2v) is 6.45. The first-order valence-corrected chi connectivity index (χ1v) is 9.73. The van der Waals surface area contributed by atoms with Gasteiger partial charge in [-0.3, -0.25) is 9.59 Å². The molecule has 2 heterocycles. The van der Waals surface area contributed by atoms with Crippen LogP contribution in [0.1, 0.15) is 40.4 Å². The normalized spacial score (nSPS) is 12.6. The molecular formula is C22H25N5O3. The molecule has 0 radical (unpaired) electrons. The van der Waals surface area contributed by atoms with Crippen LogP contribution in [-0.4, -0.2) is 35.2 Å². The Hall–Kier alpha value is -3.81. The fraction of sp³-hybridized carbons (Fsp3) is 0.227. The van der Waals surface area contributed by atoms with Crippen LogP contribution in [0.5, 0.6) is 5.75 Å². The van der Waals surface area contributed by atoms with Gasteiger partial charge in [0.2, 0.25) is 0 Å². The van der Waals surface area contributed by atoms with Crippen LogP contribution in [0.15, 0.2) is 48.5 Å². The minimum atomic E-state index is -0.655. The number of hydrogen-bond donors (Lipinski definition) is 2. The minimum absolute atomic E-state index is 0.121. The number of hydrogen-bond acceptors (Lipinski definition) is 5. The highest BCUT2D eigenvalue weighted by atomic mass is 16.5. The summed E-state index contributed by atoms with van der Waals surface area (Å²) in [5.41, 5.74) is 14.3. The summed E-state index contributed by atoms with van der Waals surface area (Å²) in [7, 11) is 1.57. The third-order valence-corrected chi connectivity index (χ3v) is 4.77. The van der Waals surface area contributed by atoms with Gasteiger partial charge in [0.05, 0.1) is 12.8 Å². The van der Waals surface area contributed by atoms with Crippen molar-refractivity contribution >= 4 is 23.2 Å². The fourth-order valence-electron chi connectivity index (χ4n) is 3.37. The van der Waals surface area contributed by atoms with Gasteiger partial charge in [-0.1, -0.05) is 13.8 Å². The summed E-state index contributed by atoms with van der Waals surface area (Å²) < 4.78 is 6.65. The summed E-state index contributed by atoms with van der Waals surface area (Å²) >= 11 is 0. The third kappa shape index (κ3) is 3.71. The molecule has 2 aromatic carbocycles. The highest BCUT2D eigenvalue weighted by molar-refractivity contribution is 6.09. The first-order chi connectivity index (χ1) is 14.5. The molecule has 0 spiro atoms. The zero-order valence-electron chi connectivity index (χ0n) is 17.3. The van der Waals surface area contributed by atoms with Crippen LogP contribution < -0.4 is 21.1 Å². The van der Waals surface area contributed by atoms with Gasteiger partial charge in [0, 0.05) is 23.5 Å². The first kappa shape index (κ1) is 20.9. The maximum atomic E-state index is 13.3.